The van der Waals surface area contributed by atoms with Crippen molar-refractivity contribution in [3.8, 4) is 0 Å². The Kier molecular flexibility index (Phi) is 3.58. The number of thiazole rings is 1. The van der Waals surface area contributed by atoms with Gasteiger partial charge in [-0.05, 0) is 18.2 Å². The second-order valence-corrected chi connectivity index (χ2v) is 8.64. The Hall–Kier alpha value is -1.26. The summed E-state index contributed by atoms with van der Waals surface area (Å²) in [6.45, 7) is 1.86. The summed E-state index contributed by atoms with van der Waals surface area (Å²) < 4.78 is 39.0. The van der Waals surface area contributed by atoms with Crippen LogP contribution in [0.25, 0.3) is 10.2 Å². The molecule has 0 unspecified atom stereocenters. The van der Waals surface area contributed by atoms with E-state index in [2.05, 4.69) is 4.98 Å². The summed E-state index contributed by atoms with van der Waals surface area (Å²) in [5.74, 6) is -0.601. The molecule has 3 heterocycles. The average molecular weight is 356 g/mol. The fraction of sp³-hybridized carbons (Fsp3) is 0.500. The fourth-order valence-corrected chi connectivity index (χ4v) is 5.41. The van der Waals surface area contributed by atoms with Crippen molar-refractivity contribution in [3.63, 3.8) is 0 Å². The molecule has 7 nitrogen and oxygen atoms in total. The van der Waals surface area contributed by atoms with Crippen LogP contribution in [0.1, 0.15) is 12.8 Å². The number of aromatic amines is 1. The van der Waals surface area contributed by atoms with Crippen LogP contribution in [0, 0.1) is 0 Å². The molecule has 1 aromatic carbocycles. The Morgan fingerprint density at radius 2 is 1.87 bits per heavy atom. The Balaban J connectivity index is 1.60. The first-order chi connectivity index (χ1) is 11.0. The van der Waals surface area contributed by atoms with Crippen LogP contribution in [-0.4, -0.2) is 49.8 Å². The van der Waals surface area contributed by atoms with Crippen molar-refractivity contribution >= 4 is 31.6 Å². The van der Waals surface area contributed by atoms with Crippen molar-refractivity contribution in [2.24, 2.45) is 0 Å². The number of hydrogen-bond donors (Lipinski definition) is 1. The monoisotopic (exact) mass is 356 g/mol. The number of hydrogen-bond acceptors (Lipinski definition) is 6. The van der Waals surface area contributed by atoms with Crippen LogP contribution in [-0.2, 0) is 19.5 Å². The van der Waals surface area contributed by atoms with Crippen molar-refractivity contribution in [1.82, 2.24) is 9.29 Å². The molecule has 9 heteroatoms. The molecule has 0 amide bonds. The molecule has 1 spiro atoms. The Labute approximate surface area is 136 Å². The lowest BCUT2D eigenvalue weighted by Gasteiger charge is -2.36. The van der Waals surface area contributed by atoms with Gasteiger partial charge < -0.3 is 14.5 Å². The predicted molar refractivity (Wildman–Crippen MR) is 85.1 cm³/mol. The zero-order valence-corrected chi connectivity index (χ0v) is 13.9. The normalized spacial score (nSPS) is 22.1. The first kappa shape index (κ1) is 15.3. The number of benzene rings is 1. The van der Waals surface area contributed by atoms with Gasteiger partial charge in [-0.1, -0.05) is 11.3 Å². The van der Waals surface area contributed by atoms with Crippen LogP contribution >= 0.6 is 11.3 Å². The molecular formula is C14H16N2O5S2. The maximum Gasteiger partial charge on any atom is 0.305 e. The number of aromatic nitrogens is 1. The molecule has 0 saturated carbocycles. The van der Waals surface area contributed by atoms with Gasteiger partial charge in [-0.15, -0.1) is 0 Å². The van der Waals surface area contributed by atoms with Crippen LogP contribution in [0.2, 0.25) is 0 Å². The average Bonchev–Trinajstić information content (AvgIpc) is 3.12. The van der Waals surface area contributed by atoms with E-state index in [0.29, 0.717) is 49.4 Å². The van der Waals surface area contributed by atoms with E-state index in [1.807, 2.05) is 0 Å². The molecule has 124 valence electrons. The van der Waals surface area contributed by atoms with Crippen molar-refractivity contribution in [3.05, 3.63) is 27.9 Å². The van der Waals surface area contributed by atoms with E-state index >= 15 is 0 Å². The zero-order valence-electron chi connectivity index (χ0n) is 12.3. The summed E-state index contributed by atoms with van der Waals surface area (Å²) in [7, 11) is -3.58. The highest BCUT2D eigenvalue weighted by molar-refractivity contribution is 7.89. The molecule has 1 aromatic heterocycles. The first-order valence-electron chi connectivity index (χ1n) is 7.40. The highest BCUT2D eigenvalue weighted by Gasteiger charge is 2.42. The Bertz CT molecular complexity index is 885. The quantitative estimate of drug-likeness (QED) is 0.871. The van der Waals surface area contributed by atoms with Crippen LogP contribution in [0.15, 0.2) is 27.9 Å². The van der Waals surface area contributed by atoms with E-state index in [1.165, 1.54) is 10.4 Å². The van der Waals surface area contributed by atoms with Crippen molar-refractivity contribution < 1.29 is 17.9 Å². The number of rotatable bonds is 2. The smallest absolute Gasteiger partial charge is 0.305 e. The van der Waals surface area contributed by atoms with Crippen LogP contribution in [0.3, 0.4) is 0 Å². The largest absolute Gasteiger partial charge is 0.347 e. The molecule has 2 saturated heterocycles. The van der Waals surface area contributed by atoms with E-state index in [9.17, 15) is 13.2 Å². The Morgan fingerprint density at radius 1 is 1.17 bits per heavy atom. The minimum Gasteiger partial charge on any atom is -0.347 e. The molecule has 2 aliphatic rings. The standard InChI is InChI=1S/C14H16N2O5S2/c17-13-15-11-2-1-10(9-12(11)22-13)23(18,19)16-5-3-14(4-6-16)20-7-8-21-14/h1-2,9H,3-8H2,(H,15,17). The number of nitrogens with zero attached hydrogens (tertiary/aromatic N) is 1. The Morgan fingerprint density at radius 3 is 2.57 bits per heavy atom. The highest BCUT2D eigenvalue weighted by atomic mass is 32.2. The van der Waals surface area contributed by atoms with E-state index in [4.69, 9.17) is 9.47 Å². The summed E-state index contributed by atoms with van der Waals surface area (Å²) in [4.78, 5) is 14.1. The fourth-order valence-electron chi connectivity index (χ4n) is 3.09. The summed E-state index contributed by atoms with van der Waals surface area (Å²) in [5.41, 5.74) is 0.657. The summed E-state index contributed by atoms with van der Waals surface area (Å²) >= 11 is 1.01. The second-order valence-electron chi connectivity index (χ2n) is 5.68. The van der Waals surface area contributed by atoms with Gasteiger partial charge in [0.25, 0.3) is 0 Å². The lowest BCUT2D eigenvalue weighted by molar-refractivity contribution is -0.179. The van der Waals surface area contributed by atoms with Crippen molar-refractivity contribution in [2.75, 3.05) is 26.3 Å². The number of H-pyrrole nitrogens is 1. The molecule has 23 heavy (non-hydrogen) atoms. The van der Waals surface area contributed by atoms with Gasteiger partial charge in [0, 0.05) is 25.9 Å². The topological polar surface area (TPSA) is 88.7 Å². The molecule has 0 radical (unpaired) electrons. The SMILES string of the molecule is O=c1[nH]c2ccc(S(=O)(=O)N3CCC4(CC3)OCCO4)cc2s1. The molecule has 4 rings (SSSR count). The summed E-state index contributed by atoms with van der Waals surface area (Å²) in [6, 6.07) is 4.72. The van der Waals surface area contributed by atoms with Crippen molar-refractivity contribution in [2.45, 2.75) is 23.5 Å². The molecule has 2 aromatic rings. The van der Waals surface area contributed by atoms with E-state index in [1.54, 1.807) is 12.1 Å². The number of fused-ring (bicyclic) bond motifs is 1. The lowest BCUT2D eigenvalue weighted by Crippen LogP contribution is -2.47. The second kappa shape index (κ2) is 5.38. The molecule has 0 aliphatic carbocycles. The summed E-state index contributed by atoms with van der Waals surface area (Å²) in [5, 5.41) is 0. The van der Waals surface area contributed by atoms with Gasteiger partial charge in [-0.3, -0.25) is 4.79 Å². The van der Waals surface area contributed by atoms with Crippen LogP contribution in [0.5, 0.6) is 0 Å². The molecule has 2 aliphatic heterocycles. The minimum atomic E-state index is -3.58. The third-order valence-electron chi connectivity index (χ3n) is 4.33. The van der Waals surface area contributed by atoms with Gasteiger partial charge in [-0.25, -0.2) is 8.42 Å². The maximum atomic E-state index is 12.8. The molecule has 0 atom stereocenters. The minimum absolute atomic E-state index is 0.190. The number of nitrogens with one attached hydrogen (secondary N) is 1. The van der Waals surface area contributed by atoms with Gasteiger partial charge in [0.05, 0.1) is 28.3 Å². The lowest BCUT2D eigenvalue weighted by atomic mass is 10.1. The van der Waals surface area contributed by atoms with Gasteiger partial charge in [-0.2, -0.15) is 4.31 Å². The highest BCUT2D eigenvalue weighted by Crippen LogP contribution is 2.33. The van der Waals surface area contributed by atoms with Gasteiger partial charge in [0.15, 0.2) is 5.79 Å². The van der Waals surface area contributed by atoms with E-state index in [-0.39, 0.29) is 9.77 Å². The number of ether oxygens (including phenoxy) is 2. The van der Waals surface area contributed by atoms with Crippen LogP contribution in [0.4, 0.5) is 0 Å². The third kappa shape index (κ3) is 2.62. The van der Waals surface area contributed by atoms with Crippen molar-refractivity contribution in [1.29, 1.82) is 0 Å². The molecule has 0 bridgehead atoms. The molecule has 2 fully saturated rings. The van der Waals surface area contributed by atoms with Gasteiger partial charge >= 0.3 is 4.87 Å². The zero-order chi connectivity index (χ0) is 16.1. The predicted octanol–water partition coefficient (Wildman–Crippen LogP) is 1.12. The number of sulfonamides is 1. The third-order valence-corrected chi connectivity index (χ3v) is 7.07. The van der Waals surface area contributed by atoms with Gasteiger partial charge in [0.2, 0.25) is 10.0 Å². The maximum absolute atomic E-state index is 12.8. The number of piperidine rings is 1. The molecule has 1 N–H and O–H groups in total. The molecular weight excluding hydrogens is 340 g/mol. The van der Waals surface area contributed by atoms with E-state index < -0.39 is 15.8 Å². The van der Waals surface area contributed by atoms with Gasteiger partial charge in [0.1, 0.15) is 0 Å². The van der Waals surface area contributed by atoms with Crippen LogP contribution < -0.4 is 4.87 Å². The summed E-state index contributed by atoms with van der Waals surface area (Å²) in [6.07, 6.45) is 1.07. The van der Waals surface area contributed by atoms with E-state index in [0.717, 1.165) is 11.3 Å². The first-order valence-corrected chi connectivity index (χ1v) is 9.65.